The van der Waals surface area contributed by atoms with Crippen LogP contribution in [0.2, 0.25) is 0 Å². The molecular formula is C14H22N2O. The van der Waals surface area contributed by atoms with Gasteiger partial charge in [0.2, 0.25) is 5.91 Å². The Kier molecular flexibility index (Phi) is 4.16. The zero-order chi connectivity index (χ0) is 13.1. The highest BCUT2D eigenvalue weighted by Crippen LogP contribution is 2.23. The number of hydrogen-bond donors (Lipinski definition) is 2. The molecule has 1 atom stereocenters. The van der Waals surface area contributed by atoms with Gasteiger partial charge in [-0.3, -0.25) is 4.79 Å². The minimum Gasteiger partial charge on any atom is -0.384 e. The number of amides is 1. The standard InChI is InChI=1S/C14H22N2O/c1-10(13(15)17)9-16-12-7-5-11(6-8-12)14(2,3)4/h5-8,10,16H,9H2,1-4H3,(H2,15,17). The smallest absolute Gasteiger partial charge is 0.222 e. The molecule has 0 heterocycles. The van der Waals surface area contributed by atoms with Crippen molar-refractivity contribution < 1.29 is 4.79 Å². The SMILES string of the molecule is CC(CNc1ccc(C(C)(C)C)cc1)C(N)=O. The summed E-state index contributed by atoms with van der Waals surface area (Å²) in [6, 6.07) is 8.29. The maximum atomic E-state index is 10.9. The van der Waals surface area contributed by atoms with Crippen LogP contribution in [0.1, 0.15) is 33.3 Å². The largest absolute Gasteiger partial charge is 0.384 e. The van der Waals surface area contributed by atoms with E-state index in [1.54, 1.807) is 0 Å². The first-order valence-electron chi connectivity index (χ1n) is 5.94. The van der Waals surface area contributed by atoms with Crippen LogP contribution < -0.4 is 11.1 Å². The van der Waals surface area contributed by atoms with Gasteiger partial charge in [-0.1, -0.05) is 39.8 Å². The number of hydrogen-bond acceptors (Lipinski definition) is 2. The van der Waals surface area contributed by atoms with Crippen molar-refractivity contribution in [2.75, 3.05) is 11.9 Å². The lowest BCUT2D eigenvalue weighted by Crippen LogP contribution is -2.26. The maximum absolute atomic E-state index is 10.9. The van der Waals surface area contributed by atoms with E-state index in [1.165, 1.54) is 5.56 Å². The van der Waals surface area contributed by atoms with E-state index in [1.807, 2.05) is 19.1 Å². The fourth-order valence-corrected chi connectivity index (χ4v) is 1.46. The van der Waals surface area contributed by atoms with Crippen LogP contribution in [-0.4, -0.2) is 12.5 Å². The second kappa shape index (κ2) is 5.21. The van der Waals surface area contributed by atoms with E-state index >= 15 is 0 Å². The molecule has 1 rings (SSSR count). The lowest BCUT2D eigenvalue weighted by Gasteiger charge is -2.19. The average Bonchev–Trinajstić information content (AvgIpc) is 2.25. The van der Waals surface area contributed by atoms with E-state index in [4.69, 9.17) is 5.73 Å². The Balaban J connectivity index is 2.60. The summed E-state index contributed by atoms with van der Waals surface area (Å²) in [7, 11) is 0. The van der Waals surface area contributed by atoms with Crippen molar-refractivity contribution in [3.63, 3.8) is 0 Å². The van der Waals surface area contributed by atoms with Gasteiger partial charge in [-0.15, -0.1) is 0 Å². The van der Waals surface area contributed by atoms with Crippen LogP contribution in [0, 0.1) is 5.92 Å². The van der Waals surface area contributed by atoms with Gasteiger partial charge in [0.15, 0.2) is 0 Å². The lowest BCUT2D eigenvalue weighted by atomic mass is 9.87. The second-order valence-corrected chi connectivity index (χ2v) is 5.51. The summed E-state index contributed by atoms with van der Waals surface area (Å²) >= 11 is 0. The van der Waals surface area contributed by atoms with Crippen LogP contribution in [0.3, 0.4) is 0 Å². The van der Waals surface area contributed by atoms with E-state index < -0.39 is 0 Å². The molecule has 0 aliphatic carbocycles. The fraction of sp³-hybridized carbons (Fsp3) is 0.500. The summed E-state index contributed by atoms with van der Waals surface area (Å²) in [5, 5.41) is 3.20. The number of primary amides is 1. The summed E-state index contributed by atoms with van der Waals surface area (Å²) in [6.07, 6.45) is 0. The van der Waals surface area contributed by atoms with Crippen LogP contribution in [0.25, 0.3) is 0 Å². The molecule has 0 aliphatic heterocycles. The zero-order valence-electron chi connectivity index (χ0n) is 11.1. The molecule has 0 spiro atoms. The Hall–Kier alpha value is -1.51. The van der Waals surface area contributed by atoms with Crippen molar-refractivity contribution >= 4 is 11.6 Å². The lowest BCUT2D eigenvalue weighted by molar-refractivity contribution is -0.120. The normalized spacial score (nSPS) is 13.2. The highest BCUT2D eigenvalue weighted by molar-refractivity contribution is 5.76. The third-order valence-electron chi connectivity index (χ3n) is 2.85. The zero-order valence-corrected chi connectivity index (χ0v) is 11.1. The summed E-state index contributed by atoms with van der Waals surface area (Å²) in [6.45, 7) is 8.95. The monoisotopic (exact) mass is 234 g/mol. The Bertz CT molecular complexity index is 376. The molecule has 1 unspecified atom stereocenters. The molecule has 0 aliphatic rings. The van der Waals surface area contributed by atoms with Gasteiger partial charge in [-0.25, -0.2) is 0 Å². The summed E-state index contributed by atoms with van der Waals surface area (Å²) < 4.78 is 0. The van der Waals surface area contributed by atoms with Gasteiger partial charge in [-0.05, 0) is 23.1 Å². The minimum absolute atomic E-state index is 0.155. The van der Waals surface area contributed by atoms with Crippen LogP contribution in [0.5, 0.6) is 0 Å². The van der Waals surface area contributed by atoms with Crippen molar-refractivity contribution in [1.29, 1.82) is 0 Å². The van der Waals surface area contributed by atoms with Crippen molar-refractivity contribution in [2.24, 2.45) is 11.7 Å². The molecule has 0 radical (unpaired) electrons. The number of nitrogens with two attached hydrogens (primary N) is 1. The average molecular weight is 234 g/mol. The number of anilines is 1. The predicted molar refractivity (Wildman–Crippen MR) is 72.0 cm³/mol. The molecule has 1 amide bonds. The van der Waals surface area contributed by atoms with E-state index in [0.717, 1.165) is 5.69 Å². The fourth-order valence-electron chi connectivity index (χ4n) is 1.46. The Morgan fingerprint density at radius 3 is 2.24 bits per heavy atom. The minimum atomic E-state index is -0.274. The number of carbonyl (C=O) groups excluding carboxylic acids is 1. The third-order valence-corrected chi connectivity index (χ3v) is 2.85. The Morgan fingerprint density at radius 1 is 1.29 bits per heavy atom. The highest BCUT2D eigenvalue weighted by Gasteiger charge is 2.13. The molecule has 3 N–H and O–H groups in total. The van der Waals surface area contributed by atoms with Gasteiger partial charge in [0.05, 0.1) is 5.92 Å². The predicted octanol–water partition coefficient (Wildman–Crippen LogP) is 2.52. The first-order chi connectivity index (χ1) is 7.80. The Labute approximate surface area is 103 Å². The summed E-state index contributed by atoms with van der Waals surface area (Å²) in [4.78, 5) is 10.9. The van der Waals surface area contributed by atoms with Crippen LogP contribution in [0.15, 0.2) is 24.3 Å². The van der Waals surface area contributed by atoms with E-state index in [0.29, 0.717) is 6.54 Å². The summed E-state index contributed by atoms with van der Waals surface area (Å²) in [5.74, 6) is -0.430. The van der Waals surface area contributed by atoms with Gasteiger partial charge in [0.25, 0.3) is 0 Å². The van der Waals surface area contributed by atoms with Gasteiger partial charge < -0.3 is 11.1 Å². The first kappa shape index (κ1) is 13.6. The van der Waals surface area contributed by atoms with E-state index in [-0.39, 0.29) is 17.2 Å². The quantitative estimate of drug-likeness (QED) is 0.841. The summed E-state index contributed by atoms with van der Waals surface area (Å²) in [5.41, 5.74) is 7.68. The number of nitrogens with one attached hydrogen (secondary N) is 1. The van der Waals surface area contributed by atoms with Crippen molar-refractivity contribution in [3.05, 3.63) is 29.8 Å². The molecule has 0 saturated carbocycles. The third kappa shape index (κ3) is 4.10. The van der Waals surface area contributed by atoms with Crippen LogP contribution in [0.4, 0.5) is 5.69 Å². The number of rotatable bonds is 4. The maximum Gasteiger partial charge on any atom is 0.222 e. The van der Waals surface area contributed by atoms with Crippen molar-refractivity contribution in [3.8, 4) is 0 Å². The highest BCUT2D eigenvalue weighted by atomic mass is 16.1. The molecule has 0 saturated heterocycles. The molecule has 3 heteroatoms. The molecule has 0 bridgehead atoms. The van der Waals surface area contributed by atoms with Crippen LogP contribution in [-0.2, 0) is 10.2 Å². The topological polar surface area (TPSA) is 55.1 Å². The first-order valence-corrected chi connectivity index (χ1v) is 5.94. The molecule has 3 nitrogen and oxygen atoms in total. The van der Waals surface area contributed by atoms with Gasteiger partial charge in [-0.2, -0.15) is 0 Å². The Morgan fingerprint density at radius 2 is 1.82 bits per heavy atom. The molecule has 1 aromatic rings. The molecule has 17 heavy (non-hydrogen) atoms. The van der Waals surface area contributed by atoms with Gasteiger partial charge >= 0.3 is 0 Å². The molecule has 0 fully saturated rings. The molecule has 94 valence electrons. The van der Waals surface area contributed by atoms with E-state index in [2.05, 4.69) is 38.2 Å². The van der Waals surface area contributed by atoms with Gasteiger partial charge in [0, 0.05) is 12.2 Å². The van der Waals surface area contributed by atoms with Crippen molar-refractivity contribution in [1.82, 2.24) is 0 Å². The number of benzene rings is 1. The van der Waals surface area contributed by atoms with Gasteiger partial charge in [0.1, 0.15) is 0 Å². The van der Waals surface area contributed by atoms with E-state index in [9.17, 15) is 4.79 Å². The molecule has 1 aromatic carbocycles. The van der Waals surface area contributed by atoms with Crippen molar-refractivity contribution in [2.45, 2.75) is 33.1 Å². The number of carbonyl (C=O) groups is 1. The molecule has 0 aromatic heterocycles. The second-order valence-electron chi connectivity index (χ2n) is 5.51. The van der Waals surface area contributed by atoms with Crippen LogP contribution >= 0.6 is 0 Å². The molecular weight excluding hydrogens is 212 g/mol.